The van der Waals surface area contributed by atoms with E-state index in [0.717, 1.165) is 17.6 Å². The lowest BCUT2D eigenvalue weighted by molar-refractivity contribution is -0.114. The lowest BCUT2D eigenvalue weighted by atomic mass is 10.0. The first-order chi connectivity index (χ1) is 6.66. The zero-order valence-corrected chi connectivity index (χ0v) is 8.01. The van der Waals surface area contributed by atoms with Gasteiger partial charge in [-0.2, -0.15) is 0 Å². The van der Waals surface area contributed by atoms with E-state index in [1.165, 1.54) is 6.07 Å². The molecule has 2 heteroatoms. The first kappa shape index (κ1) is 9.13. The third-order valence-corrected chi connectivity index (χ3v) is 2.50. The van der Waals surface area contributed by atoms with Crippen LogP contribution in [-0.4, -0.2) is 5.78 Å². The van der Waals surface area contributed by atoms with E-state index in [4.69, 9.17) is 0 Å². The van der Waals surface area contributed by atoms with Gasteiger partial charge in [-0.25, -0.2) is 4.39 Å². The Balaban J connectivity index is 2.38. The van der Waals surface area contributed by atoms with Crippen LogP contribution in [-0.2, 0) is 4.79 Å². The molecule has 1 aromatic rings. The van der Waals surface area contributed by atoms with Crippen molar-refractivity contribution in [1.29, 1.82) is 0 Å². The standard InChI is InChI=1S/C12H11FO/c1-8-6-9(3-5-12(8)13)10-2-4-11(14)7-10/h3,5-7H,2,4H2,1H3. The predicted octanol–water partition coefficient (Wildman–Crippen LogP) is 2.88. The number of carbonyl (C=O) groups excluding carboxylic acids is 1. The molecule has 1 aromatic carbocycles. The van der Waals surface area contributed by atoms with E-state index in [2.05, 4.69) is 0 Å². The van der Waals surface area contributed by atoms with Gasteiger partial charge in [0.05, 0.1) is 0 Å². The van der Waals surface area contributed by atoms with Crippen molar-refractivity contribution in [2.45, 2.75) is 19.8 Å². The molecule has 0 aliphatic heterocycles. The summed E-state index contributed by atoms with van der Waals surface area (Å²) in [6.07, 6.45) is 3.03. The third kappa shape index (κ3) is 1.60. The minimum absolute atomic E-state index is 0.168. The minimum atomic E-state index is -0.196. The SMILES string of the molecule is Cc1cc(C2=CC(=O)CC2)ccc1F. The summed E-state index contributed by atoms with van der Waals surface area (Å²) in [5.41, 5.74) is 2.62. The summed E-state index contributed by atoms with van der Waals surface area (Å²) < 4.78 is 13.0. The molecule has 0 radical (unpaired) electrons. The molecule has 0 atom stereocenters. The summed E-state index contributed by atoms with van der Waals surface area (Å²) in [5.74, 6) is -0.0272. The molecule has 0 saturated heterocycles. The second-order valence-electron chi connectivity index (χ2n) is 3.60. The number of halogens is 1. The second-order valence-corrected chi connectivity index (χ2v) is 3.60. The van der Waals surface area contributed by atoms with Crippen LogP contribution in [0.3, 0.4) is 0 Å². The van der Waals surface area contributed by atoms with Crippen LogP contribution in [0.4, 0.5) is 4.39 Å². The molecule has 14 heavy (non-hydrogen) atoms. The van der Waals surface area contributed by atoms with Crippen LogP contribution in [0, 0.1) is 12.7 Å². The number of hydrogen-bond donors (Lipinski definition) is 0. The summed E-state index contributed by atoms with van der Waals surface area (Å²) in [5, 5.41) is 0. The van der Waals surface area contributed by atoms with E-state index in [1.54, 1.807) is 25.1 Å². The quantitative estimate of drug-likeness (QED) is 0.665. The van der Waals surface area contributed by atoms with Crippen LogP contribution >= 0.6 is 0 Å². The van der Waals surface area contributed by atoms with E-state index in [9.17, 15) is 9.18 Å². The Morgan fingerprint density at radius 2 is 2.07 bits per heavy atom. The lowest BCUT2D eigenvalue weighted by Gasteiger charge is -2.03. The molecule has 0 heterocycles. The van der Waals surface area contributed by atoms with Crippen molar-refractivity contribution in [2.24, 2.45) is 0 Å². The van der Waals surface area contributed by atoms with Gasteiger partial charge in [-0.3, -0.25) is 4.79 Å². The number of carbonyl (C=O) groups is 1. The first-order valence-electron chi connectivity index (χ1n) is 4.67. The van der Waals surface area contributed by atoms with Crippen molar-refractivity contribution in [3.8, 4) is 0 Å². The zero-order chi connectivity index (χ0) is 10.1. The summed E-state index contributed by atoms with van der Waals surface area (Å²) >= 11 is 0. The van der Waals surface area contributed by atoms with E-state index in [-0.39, 0.29) is 11.6 Å². The number of aryl methyl sites for hydroxylation is 1. The van der Waals surface area contributed by atoms with Gasteiger partial charge in [-0.05, 0) is 48.3 Å². The highest BCUT2D eigenvalue weighted by Gasteiger charge is 2.13. The zero-order valence-electron chi connectivity index (χ0n) is 8.01. The lowest BCUT2D eigenvalue weighted by Crippen LogP contribution is -1.86. The van der Waals surface area contributed by atoms with Gasteiger partial charge in [-0.1, -0.05) is 6.07 Å². The molecular weight excluding hydrogens is 179 g/mol. The fraction of sp³-hybridized carbons (Fsp3) is 0.250. The molecule has 0 amide bonds. The molecule has 0 fully saturated rings. The van der Waals surface area contributed by atoms with E-state index >= 15 is 0 Å². The van der Waals surface area contributed by atoms with Gasteiger partial charge in [0, 0.05) is 6.42 Å². The molecule has 0 bridgehead atoms. The van der Waals surface area contributed by atoms with Crippen molar-refractivity contribution < 1.29 is 9.18 Å². The van der Waals surface area contributed by atoms with E-state index in [0.29, 0.717) is 12.0 Å². The normalized spacial score (nSPS) is 15.9. The average molecular weight is 190 g/mol. The third-order valence-electron chi connectivity index (χ3n) is 2.50. The monoisotopic (exact) mass is 190 g/mol. The van der Waals surface area contributed by atoms with Gasteiger partial charge >= 0.3 is 0 Å². The van der Waals surface area contributed by atoms with Crippen molar-refractivity contribution in [2.75, 3.05) is 0 Å². The molecular formula is C12H11FO. The molecule has 1 aliphatic rings. The average Bonchev–Trinajstić information content (AvgIpc) is 2.57. The molecule has 0 unspecified atom stereocenters. The fourth-order valence-electron chi connectivity index (χ4n) is 1.67. The largest absolute Gasteiger partial charge is 0.295 e. The Hall–Kier alpha value is -1.44. The van der Waals surface area contributed by atoms with Crippen LogP contribution < -0.4 is 0 Å². The molecule has 72 valence electrons. The summed E-state index contributed by atoms with van der Waals surface area (Å²) in [4.78, 5) is 11.0. The topological polar surface area (TPSA) is 17.1 Å². The smallest absolute Gasteiger partial charge is 0.156 e. The molecule has 1 nitrogen and oxygen atoms in total. The van der Waals surface area contributed by atoms with Crippen molar-refractivity contribution in [3.63, 3.8) is 0 Å². The predicted molar refractivity (Wildman–Crippen MR) is 53.4 cm³/mol. The molecule has 2 rings (SSSR count). The maximum Gasteiger partial charge on any atom is 0.156 e. The van der Waals surface area contributed by atoms with Crippen LogP contribution in [0.15, 0.2) is 24.3 Å². The Morgan fingerprint density at radius 3 is 2.64 bits per heavy atom. The maximum atomic E-state index is 13.0. The van der Waals surface area contributed by atoms with Crippen LogP contribution in [0.1, 0.15) is 24.0 Å². The van der Waals surface area contributed by atoms with Crippen LogP contribution in [0.5, 0.6) is 0 Å². The fourth-order valence-corrected chi connectivity index (χ4v) is 1.67. The van der Waals surface area contributed by atoms with Gasteiger partial charge in [0.1, 0.15) is 5.82 Å². The van der Waals surface area contributed by atoms with Crippen LogP contribution in [0.2, 0.25) is 0 Å². The number of rotatable bonds is 1. The Bertz CT molecular complexity index is 418. The Labute approximate surface area is 82.3 Å². The van der Waals surface area contributed by atoms with Gasteiger partial charge in [-0.15, -0.1) is 0 Å². The number of ketones is 1. The Kier molecular flexibility index (Phi) is 2.20. The second kappa shape index (κ2) is 3.37. The molecule has 0 N–H and O–H groups in total. The van der Waals surface area contributed by atoms with Gasteiger partial charge in [0.15, 0.2) is 5.78 Å². The molecule has 0 saturated carbocycles. The number of hydrogen-bond acceptors (Lipinski definition) is 1. The number of benzene rings is 1. The summed E-state index contributed by atoms with van der Waals surface area (Å²) in [7, 11) is 0. The van der Waals surface area contributed by atoms with Crippen LogP contribution in [0.25, 0.3) is 5.57 Å². The maximum absolute atomic E-state index is 13.0. The minimum Gasteiger partial charge on any atom is -0.295 e. The molecule has 0 spiro atoms. The Morgan fingerprint density at radius 1 is 1.29 bits per heavy atom. The summed E-state index contributed by atoms with van der Waals surface area (Å²) in [6.45, 7) is 1.73. The highest BCUT2D eigenvalue weighted by molar-refractivity contribution is 6.01. The summed E-state index contributed by atoms with van der Waals surface area (Å²) in [6, 6.07) is 4.97. The van der Waals surface area contributed by atoms with E-state index in [1.807, 2.05) is 0 Å². The highest BCUT2D eigenvalue weighted by atomic mass is 19.1. The van der Waals surface area contributed by atoms with Crippen molar-refractivity contribution in [3.05, 3.63) is 41.2 Å². The van der Waals surface area contributed by atoms with Gasteiger partial charge in [0.25, 0.3) is 0 Å². The molecule has 1 aliphatic carbocycles. The van der Waals surface area contributed by atoms with Crippen molar-refractivity contribution >= 4 is 11.4 Å². The first-order valence-corrected chi connectivity index (χ1v) is 4.67. The van der Waals surface area contributed by atoms with Gasteiger partial charge < -0.3 is 0 Å². The van der Waals surface area contributed by atoms with E-state index < -0.39 is 0 Å². The van der Waals surface area contributed by atoms with Gasteiger partial charge in [0.2, 0.25) is 0 Å². The molecule has 0 aromatic heterocycles. The highest BCUT2D eigenvalue weighted by Crippen LogP contribution is 2.26. The van der Waals surface area contributed by atoms with Crippen molar-refractivity contribution in [1.82, 2.24) is 0 Å². The number of allylic oxidation sites excluding steroid dienone is 2.